The van der Waals surface area contributed by atoms with E-state index in [1.54, 1.807) is 6.07 Å². The molecule has 0 aliphatic rings. The summed E-state index contributed by atoms with van der Waals surface area (Å²) in [4.78, 5) is 10.4. The van der Waals surface area contributed by atoms with E-state index in [4.69, 9.17) is 4.42 Å². The second-order valence-electron chi connectivity index (χ2n) is 3.41. The zero-order valence-corrected chi connectivity index (χ0v) is 8.61. The van der Waals surface area contributed by atoms with Crippen molar-refractivity contribution in [2.24, 2.45) is 0 Å². The van der Waals surface area contributed by atoms with E-state index in [-0.39, 0.29) is 5.69 Å². The van der Waals surface area contributed by atoms with Gasteiger partial charge in [0.25, 0.3) is 0 Å². The quantitative estimate of drug-likeness (QED) is 0.558. The summed E-state index contributed by atoms with van der Waals surface area (Å²) in [6.45, 7) is 3.89. The lowest BCUT2D eigenvalue weighted by Crippen LogP contribution is -1.87. The molecule has 0 aliphatic carbocycles. The van der Waals surface area contributed by atoms with E-state index in [1.165, 1.54) is 6.07 Å². The van der Waals surface area contributed by atoms with Crippen molar-refractivity contribution in [1.29, 1.82) is 0 Å². The number of aryl methyl sites for hydroxylation is 2. The second-order valence-corrected chi connectivity index (χ2v) is 3.41. The van der Waals surface area contributed by atoms with Crippen LogP contribution >= 0.6 is 0 Å². The van der Waals surface area contributed by atoms with Gasteiger partial charge in [-0.1, -0.05) is 19.1 Å². The minimum absolute atomic E-state index is 0.0373. The molecule has 1 aromatic carbocycles. The molecule has 4 nitrogen and oxygen atoms in total. The first kappa shape index (κ1) is 9.71. The number of nitrogens with zero attached hydrogens (tertiary/aromatic N) is 1. The second kappa shape index (κ2) is 3.38. The van der Waals surface area contributed by atoms with Crippen LogP contribution in [0.25, 0.3) is 11.0 Å². The van der Waals surface area contributed by atoms with E-state index in [0.717, 1.165) is 23.1 Å². The lowest BCUT2D eigenvalue weighted by molar-refractivity contribution is -0.383. The molecule has 1 aromatic heterocycles. The Hall–Kier alpha value is -1.84. The van der Waals surface area contributed by atoms with Crippen molar-refractivity contribution in [3.05, 3.63) is 39.6 Å². The molecule has 0 atom stereocenters. The number of nitro groups is 1. The number of hydrogen-bond acceptors (Lipinski definition) is 3. The minimum atomic E-state index is -0.412. The first-order valence-electron chi connectivity index (χ1n) is 4.80. The maximum absolute atomic E-state index is 10.8. The van der Waals surface area contributed by atoms with Crippen LogP contribution in [-0.2, 0) is 6.42 Å². The van der Waals surface area contributed by atoms with Gasteiger partial charge in [-0.3, -0.25) is 10.1 Å². The molecule has 2 rings (SSSR count). The Labute approximate surface area is 86.7 Å². The summed E-state index contributed by atoms with van der Waals surface area (Å²) in [5, 5.41) is 11.6. The predicted molar refractivity (Wildman–Crippen MR) is 57.0 cm³/mol. The summed E-state index contributed by atoms with van der Waals surface area (Å²) < 4.78 is 5.50. The van der Waals surface area contributed by atoms with Crippen LogP contribution in [0.2, 0.25) is 0 Å². The van der Waals surface area contributed by atoms with Crippen molar-refractivity contribution in [1.82, 2.24) is 0 Å². The molecule has 78 valence electrons. The highest BCUT2D eigenvalue weighted by atomic mass is 16.6. The molecule has 4 heteroatoms. The molecule has 1 heterocycles. The van der Waals surface area contributed by atoms with Gasteiger partial charge in [-0.15, -0.1) is 0 Å². The Morgan fingerprint density at radius 2 is 2.20 bits per heavy atom. The van der Waals surface area contributed by atoms with Crippen molar-refractivity contribution >= 4 is 16.7 Å². The molecule has 0 unspecified atom stereocenters. The topological polar surface area (TPSA) is 56.3 Å². The molecule has 0 amide bonds. The Bertz CT molecular complexity index is 528. The fraction of sp³-hybridized carbons (Fsp3) is 0.273. The third-order valence-corrected chi connectivity index (χ3v) is 2.56. The normalized spacial score (nSPS) is 10.8. The summed E-state index contributed by atoms with van der Waals surface area (Å²) in [6.07, 6.45) is 0.748. The number of rotatable bonds is 2. The molecule has 0 saturated heterocycles. The highest BCUT2D eigenvalue weighted by Gasteiger charge is 2.18. The summed E-state index contributed by atoms with van der Waals surface area (Å²) in [7, 11) is 0. The Kier molecular flexibility index (Phi) is 2.19. The zero-order valence-electron chi connectivity index (χ0n) is 8.61. The van der Waals surface area contributed by atoms with E-state index in [9.17, 15) is 10.1 Å². The summed E-state index contributed by atoms with van der Waals surface area (Å²) >= 11 is 0. The highest BCUT2D eigenvalue weighted by Crippen LogP contribution is 2.32. The van der Waals surface area contributed by atoms with E-state index in [2.05, 4.69) is 0 Å². The van der Waals surface area contributed by atoms with Crippen molar-refractivity contribution < 1.29 is 9.34 Å². The number of non-ortho nitro benzene ring substituents is 1. The van der Waals surface area contributed by atoms with E-state index in [1.807, 2.05) is 19.9 Å². The lowest BCUT2D eigenvalue weighted by Gasteiger charge is -1.91. The van der Waals surface area contributed by atoms with Gasteiger partial charge in [0.15, 0.2) is 0 Å². The van der Waals surface area contributed by atoms with Gasteiger partial charge < -0.3 is 4.42 Å². The third kappa shape index (κ3) is 1.38. The van der Waals surface area contributed by atoms with E-state index < -0.39 is 4.92 Å². The number of hydrogen-bond donors (Lipinski definition) is 0. The van der Waals surface area contributed by atoms with Crippen LogP contribution in [0.1, 0.15) is 18.2 Å². The smallest absolute Gasteiger partial charge is 0.312 e. The molecular weight excluding hydrogens is 194 g/mol. The average molecular weight is 205 g/mol. The van der Waals surface area contributed by atoms with Gasteiger partial charge in [-0.05, 0) is 12.5 Å². The molecule has 15 heavy (non-hydrogen) atoms. The van der Waals surface area contributed by atoms with Crippen LogP contribution in [-0.4, -0.2) is 4.92 Å². The molecule has 0 aliphatic heterocycles. The largest absolute Gasteiger partial charge is 0.454 e. The van der Waals surface area contributed by atoms with Crippen LogP contribution in [0.5, 0.6) is 0 Å². The van der Waals surface area contributed by atoms with Crippen LogP contribution in [0.3, 0.4) is 0 Å². The Morgan fingerprint density at radius 3 is 2.80 bits per heavy atom. The van der Waals surface area contributed by atoms with Gasteiger partial charge in [0.1, 0.15) is 5.76 Å². The predicted octanol–water partition coefficient (Wildman–Crippen LogP) is 3.21. The number of benzene rings is 1. The molecule has 0 spiro atoms. The van der Waals surface area contributed by atoms with Gasteiger partial charge >= 0.3 is 5.69 Å². The molecule has 0 radical (unpaired) electrons. The van der Waals surface area contributed by atoms with Gasteiger partial charge in [0.05, 0.1) is 4.92 Å². The highest BCUT2D eigenvalue weighted by molar-refractivity contribution is 5.89. The van der Waals surface area contributed by atoms with Crippen LogP contribution in [0.4, 0.5) is 5.69 Å². The van der Waals surface area contributed by atoms with Crippen molar-refractivity contribution in [2.75, 3.05) is 0 Å². The first-order chi connectivity index (χ1) is 7.15. The van der Waals surface area contributed by atoms with Gasteiger partial charge in [0, 0.05) is 17.9 Å². The molecule has 0 N–H and O–H groups in total. The van der Waals surface area contributed by atoms with Crippen molar-refractivity contribution in [3.8, 4) is 0 Å². The maximum Gasteiger partial charge on any atom is 0.312 e. The first-order valence-corrected chi connectivity index (χ1v) is 4.80. The Morgan fingerprint density at radius 1 is 1.47 bits per heavy atom. The van der Waals surface area contributed by atoms with Crippen molar-refractivity contribution in [2.45, 2.75) is 20.3 Å². The van der Waals surface area contributed by atoms with Gasteiger partial charge in [0.2, 0.25) is 5.58 Å². The van der Waals surface area contributed by atoms with Crippen LogP contribution in [0, 0.1) is 17.0 Å². The zero-order chi connectivity index (χ0) is 11.0. The fourth-order valence-electron chi connectivity index (χ4n) is 1.76. The third-order valence-electron chi connectivity index (χ3n) is 2.56. The molecule has 2 aromatic rings. The number of nitro benzene ring substituents is 1. The lowest BCUT2D eigenvalue weighted by atomic mass is 10.1. The minimum Gasteiger partial charge on any atom is -0.454 e. The average Bonchev–Trinajstić information content (AvgIpc) is 2.55. The van der Waals surface area contributed by atoms with Crippen molar-refractivity contribution in [3.63, 3.8) is 0 Å². The van der Waals surface area contributed by atoms with Crippen LogP contribution in [0.15, 0.2) is 22.6 Å². The summed E-state index contributed by atoms with van der Waals surface area (Å²) in [6, 6.07) is 4.99. The molecule has 0 fully saturated rings. The monoisotopic (exact) mass is 205 g/mol. The summed E-state index contributed by atoms with van der Waals surface area (Å²) in [5.41, 5.74) is 1.42. The van der Waals surface area contributed by atoms with E-state index in [0.29, 0.717) is 5.58 Å². The maximum atomic E-state index is 10.8. The SMILES string of the molecule is CCc1oc2c([N+](=O)[O-])cccc2c1C. The number of para-hydroxylation sites is 1. The van der Waals surface area contributed by atoms with Gasteiger partial charge in [-0.25, -0.2) is 0 Å². The number of fused-ring (bicyclic) bond motifs is 1. The van der Waals surface area contributed by atoms with Gasteiger partial charge in [-0.2, -0.15) is 0 Å². The number of furan rings is 1. The summed E-state index contributed by atoms with van der Waals surface area (Å²) in [5.74, 6) is 0.819. The standard InChI is InChI=1S/C11H11NO3/c1-3-10-7(2)8-5-4-6-9(12(13)14)11(8)15-10/h4-6H,3H2,1-2H3. The molecule has 0 bridgehead atoms. The Balaban J connectivity index is 2.81. The van der Waals surface area contributed by atoms with Crippen LogP contribution < -0.4 is 0 Å². The molecular formula is C11H11NO3. The molecule has 0 saturated carbocycles. The van der Waals surface area contributed by atoms with E-state index >= 15 is 0 Å². The fourth-order valence-corrected chi connectivity index (χ4v) is 1.76.